The van der Waals surface area contributed by atoms with Crippen LogP contribution < -0.4 is 5.32 Å². The van der Waals surface area contributed by atoms with Gasteiger partial charge in [-0.1, -0.05) is 68.5 Å². The number of hydrogen-bond acceptors (Lipinski definition) is 2. The molecule has 2 rings (SSSR count). The summed E-state index contributed by atoms with van der Waals surface area (Å²) < 4.78 is 0. The molecule has 1 aliphatic carbocycles. The summed E-state index contributed by atoms with van der Waals surface area (Å²) in [6.45, 7) is 3.01. The van der Waals surface area contributed by atoms with Gasteiger partial charge >= 0.3 is 0 Å². The van der Waals surface area contributed by atoms with Crippen LogP contribution in [0.5, 0.6) is 0 Å². The summed E-state index contributed by atoms with van der Waals surface area (Å²) >= 11 is 0. The van der Waals surface area contributed by atoms with Gasteiger partial charge in [0.15, 0.2) is 0 Å². The van der Waals surface area contributed by atoms with Gasteiger partial charge in [0.1, 0.15) is 0 Å². The Hall–Kier alpha value is -2.10. The zero-order valence-corrected chi connectivity index (χ0v) is 19.0. The van der Waals surface area contributed by atoms with Crippen LogP contribution in [0.25, 0.3) is 0 Å². The van der Waals surface area contributed by atoms with Gasteiger partial charge in [-0.05, 0) is 56.4 Å². The molecule has 0 aliphatic heterocycles. The van der Waals surface area contributed by atoms with Crippen LogP contribution in [0, 0.1) is 5.92 Å². The maximum absolute atomic E-state index is 13.0. The maximum Gasteiger partial charge on any atom is 0.246 e. The minimum absolute atomic E-state index is 0.00412. The zero-order chi connectivity index (χ0) is 21.6. The van der Waals surface area contributed by atoms with Gasteiger partial charge in [-0.2, -0.15) is 0 Å². The van der Waals surface area contributed by atoms with E-state index in [0.29, 0.717) is 6.54 Å². The fourth-order valence-electron chi connectivity index (χ4n) is 3.78. The van der Waals surface area contributed by atoms with Crippen molar-refractivity contribution < 1.29 is 9.59 Å². The first-order chi connectivity index (χ1) is 14.6. The number of allylic oxidation sites excluding steroid dienone is 1. The van der Waals surface area contributed by atoms with Crippen molar-refractivity contribution in [1.82, 2.24) is 10.2 Å². The van der Waals surface area contributed by atoms with Crippen LogP contribution in [0.3, 0.4) is 0 Å². The predicted molar refractivity (Wildman–Crippen MR) is 124 cm³/mol. The summed E-state index contributed by atoms with van der Waals surface area (Å²) in [5.74, 6) is 0.657. The van der Waals surface area contributed by atoms with Crippen molar-refractivity contribution in [1.29, 1.82) is 0 Å². The summed E-state index contributed by atoms with van der Waals surface area (Å²) in [5.41, 5.74) is 2.61. The van der Waals surface area contributed by atoms with E-state index in [1.807, 2.05) is 12.1 Å². The first-order valence-corrected chi connectivity index (χ1v) is 11.8. The highest BCUT2D eigenvalue weighted by Crippen LogP contribution is 2.36. The summed E-state index contributed by atoms with van der Waals surface area (Å²) in [5, 5.41) is 2.66. The molecule has 0 spiro atoms. The standard InChI is InChI=1S/C26H40N2O2/c1-3-4-5-6-10-18-28(21-25(29)27-2)26(30)20-24(19-23-16-17-23)15-11-14-22-12-8-7-9-13-22/h7-9,12-13,20,23H,3-6,10-11,14-19,21H2,1-2H3,(H,27,29)/b24-20-. The quantitative estimate of drug-likeness (QED) is 0.315. The third-order valence-corrected chi connectivity index (χ3v) is 5.84. The van der Waals surface area contributed by atoms with Gasteiger partial charge in [-0.3, -0.25) is 9.59 Å². The third-order valence-electron chi connectivity index (χ3n) is 5.84. The van der Waals surface area contributed by atoms with Crippen molar-refractivity contribution in [3.63, 3.8) is 0 Å². The molecule has 1 fully saturated rings. The van der Waals surface area contributed by atoms with Crippen molar-refractivity contribution in [2.45, 2.75) is 77.6 Å². The van der Waals surface area contributed by atoms with Crippen LogP contribution in [0.1, 0.15) is 76.7 Å². The average molecular weight is 413 g/mol. The molecular weight excluding hydrogens is 372 g/mol. The Morgan fingerprint density at radius 2 is 1.80 bits per heavy atom. The molecule has 0 atom stereocenters. The molecule has 0 unspecified atom stereocenters. The van der Waals surface area contributed by atoms with Gasteiger partial charge in [0, 0.05) is 19.7 Å². The van der Waals surface area contributed by atoms with E-state index in [1.54, 1.807) is 11.9 Å². The number of unbranched alkanes of at least 4 members (excludes halogenated alkanes) is 4. The monoisotopic (exact) mass is 412 g/mol. The first kappa shape index (κ1) is 24.2. The summed E-state index contributed by atoms with van der Waals surface area (Å²) in [4.78, 5) is 26.7. The zero-order valence-electron chi connectivity index (χ0n) is 19.0. The van der Waals surface area contributed by atoms with Gasteiger partial charge in [0.25, 0.3) is 0 Å². The van der Waals surface area contributed by atoms with E-state index in [9.17, 15) is 9.59 Å². The van der Waals surface area contributed by atoms with Crippen LogP contribution in [-0.4, -0.2) is 36.9 Å². The number of rotatable bonds is 15. The molecule has 0 saturated heterocycles. The van der Waals surface area contributed by atoms with Crippen LogP contribution in [-0.2, 0) is 16.0 Å². The second kappa shape index (κ2) is 14.0. The molecule has 1 aromatic rings. The van der Waals surface area contributed by atoms with Gasteiger partial charge in [0.2, 0.25) is 11.8 Å². The Labute approximate surface area is 183 Å². The lowest BCUT2D eigenvalue weighted by Crippen LogP contribution is -2.39. The Morgan fingerprint density at radius 1 is 1.07 bits per heavy atom. The van der Waals surface area contributed by atoms with Crippen LogP contribution >= 0.6 is 0 Å². The van der Waals surface area contributed by atoms with Gasteiger partial charge in [0.05, 0.1) is 6.54 Å². The lowest BCUT2D eigenvalue weighted by atomic mass is 9.99. The minimum Gasteiger partial charge on any atom is -0.358 e. The smallest absolute Gasteiger partial charge is 0.246 e. The molecular formula is C26H40N2O2. The molecule has 0 heterocycles. The SMILES string of the molecule is CCCCCCCN(CC(=O)NC)C(=O)/C=C(/CCCc1ccccc1)CC1CC1. The van der Waals surface area contributed by atoms with E-state index in [1.165, 1.54) is 43.2 Å². The highest BCUT2D eigenvalue weighted by Gasteiger charge is 2.23. The third kappa shape index (κ3) is 10.1. The van der Waals surface area contributed by atoms with E-state index in [4.69, 9.17) is 0 Å². The second-order valence-corrected chi connectivity index (χ2v) is 8.64. The number of benzene rings is 1. The van der Waals surface area contributed by atoms with Crippen molar-refractivity contribution in [3.8, 4) is 0 Å². The average Bonchev–Trinajstić information content (AvgIpc) is 3.57. The van der Waals surface area contributed by atoms with Crippen LogP contribution in [0.15, 0.2) is 42.0 Å². The number of carbonyl (C=O) groups excluding carboxylic acids is 2. The Bertz CT molecular complexity index is 665. The number of carbonyl (C=O) groups is 2. The largest absolute Gasteiger partial charge is 0.358 e. The van der Waals surface area contributed by atoms with Crippen molar-refractivity contribution in [3.05, 3.63) is 47.5 Å². The maximum atomic E-state index is 13.0. The fraction of sp³-hybridized carbons (Fsp3) is 0.615. The molecule has 1 aromatic carbocycles. The highest BCUT2D eigenvalue weighted by atomic mass is 16.2. The Kier molecular flexibility index (Phi) is 11.3. The molecule has 1 saturated carbocycles. The normalized spacial score (nSPS) is 13.9. The lowest BCUT2D eigenvalue weighted by Gasteiger charge is -2.21. The van der Waals surface area contributed by atoms with Gasteiger partial charge < -0.3 is 10.2 Å². The summed E-state index contributed by atoms with van der Waals surface area (Å²) in [7, 11) is 1.63. The van der Waals surface area contributed by atoms with Crippen LogP contribution in [0.4, 0.5) is 0 Å². The fourth-order valence-corrected chi connectivity index (χ4v) is 3.78. The van der Waals surface area contributed by atoms with Gasteiger partial charge in [-0.25, -0.2) is 0 Å². The number of hydrogen-bond donors (Lipinski definition) is 1. The van der Waals surface area contributed by atoms with E-state index in [0.717, 1.165) is 44.4 Å². The number of aryl methyl sites for hydroxylation is 1. The number of nitrogens with one attached hydrogen (secondary N) is 1. The molecule has 30 heavy (non-hydrogen) atoms. The number of nitrogens with zero attached hydrogens (tertiary/aromatic N) is 1. The molecule has 4 heteroatoms. The Morgan fingerprint density at radius 3 is 2.47 bits per heavy atom. The van der Waals surface area contributed by atoms with E-state index >= 15 is 0 Å². The summed E-state index contributed by atoms with van der Waals surface area (Å²) in [6.07, 6.45) is 14.2. The lowest BCUT2D eigenvalue weighted by molar-refractivity contribution is -0.132. The molecule has 1 aliphatic rings. The van der Waals surface area contributed by atoms with Gasteiger partial charge in [-0.15, -0.1) is 0 Å². The summed E-state index contributed by atoms with van der Waals surface area (Å²) in [6, 6.07) is 10.5. The minimum atomic E-state index is -0.0990. The van der Waals surface area contributed by atoms with Crippen molar-refractivity contribution in [2.75, 3.05) is 20.1 Å². The number of likely N-dealkylation sites (N-methyl/N-ethyl adjacent to an activating group) is 1. The highest BCUT2D eigenvalue weighted by molar-refractivity contribution is 5.91. The number of amides is 2. The van der Waals surface area contributed by atoms with E-state index in [-0.39, 0.29) is 18.4 Å². The van der Waals surface area contributed by atoms with E-state index < -0.39 is 0 Å². The van der Waals surface area contributed by atoms with Crippen molar-refractivity contribution >= 4 is 11.8 Å². The van der Waals surface area contributed by atoms with Crippen LogP contribution in [0.2, 0.25) is 0 Å². The predicted octanol–water partition coefficient (Wildman–Crippen LogP) is 5.28. The molecule has 166 valence electrons. The Balaban J connectivity index is 1.93. The first-order valence-electron chi connectivity index (χ1n) is 11.8. The van der Waals surface area contributed by atoms with Crippen molar-refractivity contribution in [2.24, 2.45) is 5.92 Å². The molecule has 4 nitrogen and oxygen atoms in total. The van der Waals surface area contributed by atoms with E-state index in [2.05, 4.69) is 36.5 Å². The molecule has 0 radical (unpaired) electrons. The topological polar surface area (TPSA) is 49.4 Å². The molecule has 1 N–H and O–H groups in total. The second-order valence-electron chi connectivity index (χ2n) is 8.64. The molecule has 2 amide bonds. The molecule has 0 aromatic heterocycles. The molecule has 0 bridgehead atoms.